The molecule has 118 valence electrons. The van der Waals surface area contributed by atoms with Gasteiger partial charge in [0.05, 0.1) is 18.7 Å². The van der Waals surface area contributed by atoms with Gasteiger partial charge >= 0.3 is 0 Å². The Morgan fingerprint density at radius 1 is 1.04 bits per heavy atom. The third-order valence-electron chi connectivity index (χ3n) is 3.99. The van der Waals surface area contributed by atoms with Crippen LogP contribution in [0.4, 0.5) is 10.1 Å². The van der Waals surface area contributed by atoms with Crippen LogP contribution in [-0.4, -0.2) is 24.4 Å². The van der Waals surface area contributed by atoms with E-state index in [1.165, 1.54) is 29.8 Å². The Morgan fingerprint density at radius 3 is 2.43 bits per heavy atom. The molecule has 2 N–H and O–H groups in total. The second-order valence-corrected chi connectivity index (χ2v) is 5.61. The van der Waals surface area contributed by atoms with Gasteiger partial charge in [-0.1, -0.05) is 30.3 Å². The van der Waals surface area contributed by atoms with E-state index in [0.717, 1.165) is 17.9 Å². The number of carbonyl (C=O) groups excluding carboxylic acids is 2. The maximum atomic E-state index is 13.0. The lowest BCUT2D eigenvalue weighted by atomic mass is 10.1. The van der Waals surface area contributed by atoms with Crippen LogP contribution in [0.25, 0.3) is 0 Å². The van der Waals surface area contributed by atoms with Crippen molar-refractivity contribution in [1.29, 1.82) is 0 Å². The predicted octanol–water partition coefficient (Wildman–Crippen LogP) is 1.26. The van der Waals surface area contributed by atoms with Crippen LogP contribution in [0.3, 0.4) is 0 Å². The van der Waals surface area contributed by atoms with Gasteiger partial charge in [0.25, 0.3) is 5.91 Å². The van der Waals surface area contributed by atoms with Crippen LogP contribution in [0.2, 0.25) is 0 Å². The first-order valence-electron chi connectivity index (χ1n) is 7.65. The minimum absolute atomic E-state index is 0.186. The monoisotopic (exact) mass is 313 g/mol. The Labute approximate surface area is 133 Å². The second-order valence-electron chi connectivity index (χ2n) is 5.61. The lowest BCUT2D eigenvalue weighted by Crippen LogP contribution is -2.92. The molecule has 1 fully saturated rings. The van der Waals surface area contributed by atoms with E-state index in [-0.39, 0.29) is 24.1 Å². The molecule has 0 saturated carbocycles. The number of halogens is 1. The first kappa shape index (κ1) is 15.4. The maximum Gasteiger partial charge on any atom is 0.292 e. The Kier molecular flexibility index (Phi) is 4.48. The van der Waals surface area contributed by atoms with Gasteiger partial charge in [0.15, 0.2) is 6.04 Å². The van der Waals surface area contributed by atoms with E-state index in [2.05, 4.69) is 0 Å². The topological polar surface area (TPSA) is 54.0 Å². The SMILES string of the molecule is O=C1C[C@H]([NH2+]CCc2ccccc2)C(=O)N1c1ccc(F)cc1. The van der Waals surface area contributed by atoms with Crippen LogP contribution >= 0.6 is 0 Å². The molecule has 1 atom stereocenters. The van der Waals surface area contributed by atoms with E-state index >= 15 is 0 Å². The molecule has 2 aromatic carbocycles. The van der Waals surface area contributed by atoms with Gasteiger partial charge in [0, 0.05) is 6.42 Å². The molecule has 0 aliphatic carbocycles. The standard InChI is InChI=1S/C18H17FN2O2/c19-14-6-8-15(9-7-14)21-17(22)12-16(18(21)23)20-11-10-13-4-2-1-3-5-13/h1-9,16,20H,10-12H2/p+1/t16-/m0/s1. The van der Waals surface area contributed by atoms with Gasteiger partial charge in [-0.05, 0) is 29.8 Å². The highest BCUT2D eigenvalue weighted by atomic mass is 19.1. The molecule has 0 unspecified atom stereocenters. The average molecular weight is 313 g/mol. The number of nitrogens with two attached hydrogens (primary N) is 1. The van der Waals surface area contributed by atoms with Crippen LogP contribution in [0.15, 0.2) is 54.6 Å². The molecule has 1 saturated heterocycles. The molecule has 3 rings (SSSR count). The van der Waals surface area contributed by atoms with Gasteiger partial charge in [-0.25, -0.2) is 9.29 Å². The van der Waals surface area contributed by atoms with Gasteiger partial charge < -0.3 is 5.32 Å². The zero-order valence-electron chi connectivity index (χ0n) is 12.6. The molecule has 0 aromatic heterocycles. The number of quaternary nitrogens is 1. The number of rotatable bonds is 5. The van der Waals surface area contributed by atoms with Crippen molar-refractivity contribution >= 4 is 17.5 Å². The van der Waals surface area contributed by atoms with E-state index in [0.29, 0.717) is 5.69 Å². The number of nitrogens with zero attached hydrogens (tertiary/aromatic N) is 1. The van der Waals surface area contributed by atoms with E-state index in [9.17, 15) is 14.0 Å². The van der Waals surface area contributed by atoms with Crippen molar-refractivity contribution < 1.29 is 19.3 Å². The van der Waals surface area contributed by atoms with Crippen molar-refractivity contribution in [3.05, 3.63) is 66.0 Å². The van der Waals surface area contributed by atoms with Crippen molar-refractivity contribution in [3.63, 3.8) is 0 Å². The first-order chi connectivity index (χ1) is 11.1. The van der Waals surface area contributed by atoms with Gasteiger partial charge in [0.1, 0.15) is 5.82 Å². The summed E-state index contributed by atoms with van der Waals surface area (Å²) >= 11 is 0. The third kappa shape index (κ3) is 3.46. The molecule has 2 aromatic rings. The number of hydrogen-bond acceptors (Lipinski definition) is 2. The fourth-order valence-corrected chi connectivity index (χ4v) is 2.80. The van der Waals surface area contributed by atoms with Gasteiger partial charge in [0.2, 0.25) is 5.91 Å². The van der Waals surface area contributed by atoms with E-state index in [4.69, 9.17) is 0 Å². The summed E-state index contributed by atoms with van der Waals surface area (Å²) < 4.78 is 13.0. The maximum absolute atomic E-state index is 13.0. The molecule has 4 nitrogen and oxygen atoms in total. The summed E-state index contributed by atoms with van der Waals surface area (Å²) in [4.78, 5) is 25.7. The van der Waals surface area contributed by atoms with Crippen LogP contribution in [0.5, 0.6) is 0 Å². The molecule has 23 heavy (non-hydrogen) atoms. The van der Waals surface area contributed by atoms with Crippen molar-refractivity contribution in [2.24, 2.45) is 0 Å². The molecule has 0 bridgehead atoms. The van der Waals surface area contributed by atoms with Crippen molar-refractivity contribution in [3.8, 4) is 0 Å². The summed E-state index contributed by atoms with van der Waals surface area (Å²) in [5.74, 6) is -0.851. The Bertz CT molecular complexity index is 701. The highest BCUT2D eigenvalue weighted by Gasteiger charge is 2.41. The molecular weight excluding hydrogens is 295 g/mol. The second kappa shape index (κ2) is 6.71. The summed E-state index contributed by atoms with van der Waals surface area (Å²) in [6.45, 7) is 0.741. The largest absolute Gasteiger partial charge is 0.335 e. The van der Waals surface area contributed by atoms with Gasteiger partial charge in [-0.15, -0.1) is 0 Å². The van der Waals surface area contributed by atoms with E-state index < -0.39 is 6.04 Å². The van der Waals surface area contributed by atoms with Crippen LogP contribution in [0, 0.1) is 5.82 Å². The number of hydrogen-bond donors (Lipinski definition) is 1. The molecule has 1 aliphatic rings. The molecule has 2 amide bonds. The molecule has 1 aliphatic heterocycles. The lowest BCUT2D eigenvalue weighted by Gasteiger charge is -2.14. The van der Waals surface area contributed by atoms with Gasteiger partial charge in [-0.3, -0.25) is 9.59 Å². The smallest absolute Gasteiger partial charge is 0.292 e. The minimum Gasteiger partial charge on any atom is -0.335 e. The Balaban J connectivity index is 1.61. The number of anilines is 1. The molecule has 1 heterocycles. The highest BCUT2D eigenvalue weighted by molar-refractivity contribution is 6.21. The van der Waals surface area contributed by atoms with Crippen LogP contribution < -0.4 is 10.2 Å². The minimum atomic E-state index is -0.392. The summed E-state index contributed by atoms with van der Waals surface area (Å²) in [6, 6.07) is 15.0. The Morgan fingerprint density at radius 2 is 1.74 bits per heavy atom. The Hall–Kier alpha value is -2.53. The summed E-state index contributed by atoms with van der Waals surface area (Å²) in [7, 11) is 0. The zero-order valence-corrected chi connectivity index (χ0v) is 12.6. The summed E-state index contributed by atoms with van der Waals surface area (Å²) in [5, 5.41) is 1.91. The molecule has 0 spiro atoms. The summed E-state index contributed by atoms with van der Waals surface area (Å²) in [5.41, 5.74) is 1.64. The van der Waals surface area contributed by atoms with Crippen molar-refractivity contribution in [2.45, 2.75) is 18.9 Å². The molecule has 0 radical (unpaired) electrons. The molecule has 5 heteroatoms. The zero-order chi connectivity index (χ0) is 16.2. The fourth-order valence-electron chi connectivity index (χ4n) is 2.80. The predicted molar refractivity (Wildman–Crippen MR) is 84.2 cm³/mol. The number of carbonyl (C=O) groups is 2. The normalized spacial score (nSPS) is 17.8. The first-order valence-corrected chi connectivity index (χ1v) is 7.65. The fraction of sp³-hybridized carbons (Fsp3) is 0.222. The van der Waals surface area contributed by atoms with Gasteiger partial charge in [-0.2, -0.15) is 0 Å². The van der Waals surface area contributed by atoms with Crippen LogP contribution in [0.1, 0.15) is 12.0 Å². The number of benzene rings is 2. The highest BCUT2D eigenvalue weighted by Crippen LogP contribution is 2.21. The quantitative estimate of drug-likeness (QED) is 0.845. The number of imide groups is 1. The lowest BCUT2D eigenvalue weighted by molar-refractivity contribution is -0.674. The summed E-state index contributed by atoms with van der Waals surface area (Å²) in [6.07, 6.45) is 1.03. The van der Waals surface area contributed by atoms with E-state index in [1.807, 2.05) is 35.6 Å². The van der Waals surface area contributed by atoms with Crippen LogP contribution in [-0.2, 0) is 16.0 Å². The van der Waals surface area contributed by atoms with Crippen molar-refractivity contribution in [1.82, 2.24) is 0 Å². The van der Waals surface area contributed by atoms with E-state index in [1.54, 1.807) is 0 Å². The average Bonchev–Trinajstić information content (AvgIpc) is 2.84. The number of amides is 2. The third-order valence-corrected chi connectivity index (χ3v) is 3.99. The van der Waals surface area contributed by atoms with Crippen molar-refractivity contribution in [2.75, 3.05) is 11.4 Å². The molecular formula is C18H18FN2O2+.